The van der Waals surface area contributed by atoms with E-state index >= 15 is 0 Å². The second kappa shape index (κ2) is 8.17. The second-order valence-corrected chi connectivity index (χ2v) is 3.20. The predicted molar refractivity (Wildman–Crippen MR) is 54.7 cm³/mol. The topological polar surface area (TPSA) is 89.6 Å². The van der Waals surface area contributed by atoms with Gasteiger partial charge in [-0.1, -0.05) is 5.16 Å². The van der Waals surface area contributed by atoms with E-state index in [-0.39, 0.29) is 6.61 Å². The molecule has 0 saturated carbocycles. The molecule has 7 nitrogen and oxygen atoms in total. The molecule has 1 aromatic rings. The summed E-state index contributed by atoms with van der Waals surface area (Å²) < 4.78 is 14.5. The van der Waals surface area contributed by atoms with E-state index in [2.05, 4.69) is 20.0 Å². The summed E-state index contributed by atoms with van der Waals surface area (Å²) in [5.74, 6) is 0.563. The van der Waals surface area contributed by atoms with E-state index < -0.39 is 6.10 Å². The van der Waals surface area contributed by atoms with Gasteiger partial charge in [0.1, 0.15) is 0 Å². The molecular formula is C9H17N3O4. The molecular weight excluding hydrogens is 214 g/mol. The van der Waals surface area contributed by atoms with Crippen molar-refractivity contribution in [2.45, 2.75) is 12.6 Å². The van der Waals surface area contributed by atoms with Crippen molar-refractivity contribution in [2.24, 2.45) is 0 Å². The molecule has 1 heterocycles. The number of methoxy groups -OCH3 is 1. The van der Waals surface area contributed by atoms with Crippen LogP contribution in [0.3, 0.4) is 0 Å². The molecule has 1 aromatic heterocycles. The third-order valence-electron chi connectivity index (χ3n) is 1.81. The van der Waals surface area contributed by atoms with Crippen LogP contribution >= 0.6 is 0 Å². The number of hydrogen-bond acceptors (Lipinski definition) is 7. The molecule has 0 aliphatic rings. The molecule has 92 valence electrons. The minimum absolute atomic E-state index is 0.280. The SMILES string of the molecule is COCCOCC(O)CNCc1ncon1. The van der Waals surface area contributed by atoms with Gasteiger partial charge in [0.05, 0.1) is 32.5 Å². The highest BCUT2D eigenvalue weighted by molar-refractivity contribution is 4.76. The number of aliphatic hydroxyl groups is 1. The van der Waals surface area contributed by atoms with E-state index in [1.165, 1.54) is 6.39 Å². The fraction of sp³-hybridized carbons (Fsp3) is 0.778. The van der Waals surface area contributed by atoms with Gasteiger partial charge in [-0.05, 0) is 0 Å². The number of ether oxygens (including phenoxy) is 2. The smallest absolute Gasteiger partial charge is 0.213 e. The second-order valence-electron chi connectivity index (χ2n) is 3.20. The fourth-order valence-corrected chi connectivity index (χ4v) is 1.04. The van der Waals surface area contributed by atoms with Crippen LogP contribution in [0.25, 0.3) is 0 Å². The first kappa shape index (κ1) is 13.0. The van der Waals surface area contributed by atoms with Gasteiger partial charge in [0.2, 0.25) is 6.39 Å². The Kier molecular flexibility index (Phi) is 6.66. The van der Waals surface area contributed by atoms with Crippen LogP contribution < -0.4 is 5.32 Å². The van der Waals surface area contributed by atoms with Crippen molar-refractivity contribution in [3.8, 4) is 0 Å². The third kappa shape index (κ3) is 5.76. The summed E-state index contributed by atoms with van der Waals surface area (Å²) in [6, 6.07) is 0. The molecule has 0 aromatic carbocycles. The lowest BCUT2D eigenvalue weighted by Gasteiger charge is -2.11. The van der Waals surface area contributed by atoms with E-state index in [0.29, 0.717) is 32.1 Å². The van der Waals surface area contributed by atoms with Crippen molar-refractivity contribution < 1.29 is 19.1 Å². The number of aromatic nitrogens is 2. The zero-order chi connectivity index (χ0) is 11.6. The first-order chi connectivity index (χ1) is 7.83. The number of hydrogen-bond donors (Lipinski definition) is 2. The summed E-state index contributed by atoms with van der Waals surface area (Å²) in [6.45, 7) is 2.18. The molecule has 1 rings (SSSR count). The van der Waals surface area contributed by atoms with Gasteiger partial charge in [-0.25, -0.2) is 0 Å². The van der Waals surface area contributed by atoms with Gasteiger partial charge in [-0.2, -0.15) is 4.98 Å². The van der Waals surface area contributed by atoms with E-state index in [1.54, 1.807) is 7.11 Å². The first-order valence-corrected chi connectivity index (χ1v) is 5.03. The molecule has 0 amide bonds. The van der Waals surface area contributed by atoms with Crippen LogP contribution in [-0.4, -0.2) is 54.8 Å². The average molecular weight is 231 g/mol. The van der Waals surface area contributed by atoms with Gasteiger partial charge in [0.15, 0.2) is 5.82 Å². The molecule has 16 heavy (non-hydrogen) atoms. The normalized spacial score (nSPS) is 12.9. The van der Waals surface area contributed by atoms with Gasteiger partial charge in [0.25, 0.3) is 0 Å². The lowest BCUT2D eigenvalue weighted by atomic mass is 10.4. The maximum absolute atomic E-state index is 9.48. The molecule has 0 saturated heterocycles. The van der Waals surface area contributed by atoms with Gasteiger partial charge >= 0.3 is 0 Å². The van der Waals surface area contributed by atoms with Crippen LogP contribution in [0, 0.1) is 0 Å². The number of nitrogens with one attached hydrogen (secondary N) is 1. The Hall–Kier alpha value is -1.02. The van der Waals surface area contributed by atoms with E-state index in [0.717, 1.165) is 0 Å². The van der Waals surface area contributed by atoms with Crippen LogP contribution in [0.2, 0.25) is 0 Å². The van der Waals surface area contributed by atoms with Crippen LogP contribution in [0.5, 0.6) is 0 Å². The molecule has 0 radical (unpaired) electrons. The van der Waals surface area contributed by atoms with Crippen molar-refractivity contribution in [1.29, 1.82) is 0 Å². The van der Waals surface area contributed by atoms with Crippen LogP contribution in [0.4, 0.5) is 0 Å². The summed E-state index contributed by atoms with van der Waals surface area (Å²) in [5.41, 5.74) is 0. The average Bonchev–Trinajstić information content (AvgIpc) is 2.77. The standard InChI is InChI=1S/C9H17N3O4/c1-14-2-3-15-6-8(13)4-10-5-9-11-7-16-12-9/h7-8,10,13H,2-6H2,1H3. The van der Waals surface area contributed by atoms with Crippen molar-refractivity contribution in [1.82, 2.24) is 15.5 Å². The first-order valence-electron chi connectivity index (χ1n) is 5.03. The van der Waals surface area contributed by atoms with Gasteiger partial charge < -0.3 is 24.4 Å². The summed E-state index contributed by atoms with van der Waals surface area (Å²) in [4.78, 5) is 3.83. The Morgan fingerprint density at radius 1 is 1.56 bits per heavy atom. The molecule has 1 atom stereocenters. The Balaban J connectivity index is 1.95. The maximum Gasteiger partial charge on any atom is 0.213 e. The number of nitrogens with zero attached hydrogens (tertiary/aromatic N) is 2. The van der Waals surface area contributed by atoms with Crippen molar-refractivity contribution in [3.63, 3.8) is 0 Å². The highest BCUT2D eigenvalue weighted by Crippen LogP contribution is 1.88. The minimum Gasteiger partial charge on any atom is -0.389 e. The molecule has 0 spiro atoms. The predicted octanol–water partition coefficient (Wildman–Crippen LogP) is -0.817. The highest BCUT2D eigenvalue weighted by atomic mass is 16.5. The monoisotopic (exact) mass is 231 g/mol. The highest BCUT2D eigenvalue weighted by Gasteiger charge is 2.04. The fourth-order valence-electron chi connectivity index (χ4n) is 1.04. The van der Waals surface area contributed by atoms with E-state index in [4.69, 9.17) is 9.47 Å². The molecule has 0 aliphatic heterocycles. The van der Waals surface area contributed by atoms with Crippen LogP contribution in [-0.2, 0) is 16.0 Å². The Bertz CT molecular complexity index is 255. The van der Waals surface area contributed by atoms with Gasteiger partial charge in [0, 0.05) is 13.7 Å². The van der Waals surface area contributed by atoms with Gasteiger partial charge in [-0.15, -0.1) is 0 Å². The molecule has 0 fully saturated rings. The Labute approximate surface area is 93.7 Å². The molecule has 0 bridgehead atoms. The summed E-state index contributed by atoms with van der Waals surface area (Å²) in [5, 5.41) is 16.1. The Morgan fingerprint density at radius 3 is 3.12 bits per heavy atom. The number of aliphatic hydroxyl groups excluding tert-OH is 1. The lowest BCUT2D eigenvalue weighted by Crippen LogP contribution is -2.30. The zero-order valence-corrected chi connectivity index (χ0v) is 9.26. The molecule has 2 N–H and O–H groups in total. The van der Waals surface area contributed by atoms with Crippen LogP contribution in [0.1, 0.15) is 5.82 Å². The minimum atomic E-state index is -0.552. The summed E-state index contributed by atoms with van der Waals surface area (Å²) in [7, 11) is 1.60. The van der Waals surface area contributed by atoms with E-state index in [1.807, 2.05) is 0 Å². The van der Waals surface area contributed by atoms with Gasteiger partial charge in [-0.3, -0.25) is 0 Å². The maximum atomic E-state index is 9.48. The van der Waals surface area contributed by atoms with Crippen molar-refractivity contribution >= 4 is 0 Å². The number of rotatable bonds is 9. The zero-order valence-electron chi connectivity index (χ0n) is 9.26. The molecule has 7 heteroatoms. The summed E-state index contributed by atoms with van der Waals surface area (Å²) in [6.07, 6.45) is 0.713. The van der Waals surface area contributed by atoms with Crippen LogP contribution in [0.15, 0.2) is 10.9 Å². The van der Waals surface area contributed by atoms with Crippen molar-refractivity contribution in [3.05, 3.63) is 12.2 Å². The molecule has 0 aliphatic carbocycles. The summed E-state index contributed by atoms with van der Waals surface area (Å²) >= 11 is 0. The Morgan fingerprint density at radius 2 is 2.44 bits per heavy atom. The largest absolute Gasteiger partial charge is 0.389 e. The van der Waals surface area contributed by atoms with E-state index in [9.17, 15) is 5.11 Å². The molecule has 1 unspecified atom stereocenters. The third-order valence-corrected chi connectivity index (χ3v) is 1.81. The lowest BCUT2D eigenvalue weighted by molar-refractivity contribution is 0.0136. The quantitative estimate of drug-likeness (QED) is 0.537. The van der Waals surface area contributed by atoms with Crippen molar-refractivity contribution in [2.75, 3.05) is 33.5 Å².